The van der Waals surface area contributed by atoms with Gasteiger partial charge < -0.3 is 0 Å². The SMILES string of the molecule is CN1C(=O)C(N2CCSCC2)C2(C)N=CC(NS(=O)(=O)C=Cc3c(Cl)cc(F)cc3Cl)=CN12. The van der Waals surface area contributed by atoms with E-state index in [9.17, 15) is 17.6 Å². The molecule has 1 amide bonds. The molecule has 4 rings (SSSR count). The summed E-state index contributed by atoms with van der Waals surface area (Å²) in [5.41, 5.74) is -0.521. The average molecular weight is 534 g/mol. The van der Waals surface area contributed by atoms with Crippen molar-refractivity contribution in [3.63, 3.8) is 0 Å². The van der Waals surface area contributed by atoms with Crippen LogP contribution in [-0.4, -0.2) is 78.8 Å². The van der Waals surface area contributed by atoms with E-state index in [1.807, 2.05) is 18.7 Å². The highest BCUT2D eigenvalue weighted by atomic mass is 35.5. The minimum atomic E-state index is -3.98. The molecule has 0 aromatic heterocycles. The summed E-state index contributed by atoms with van der Waals surface area (Å²) in [5.74, 6) is 1.17. The van der Waals surface area contributed by atoms with Crippen molar-refractivity contribution >= 4 is 63.2 Å². The zero-order valence-electron chi connectivity index (χ0n) is 17.8. The van der Waals surface area contributed by atoms with Crippen molar-refractivity contribution in [1.29, 1.82) is 0 Å². The molecular weight excluding hydrogens is 512 g/mol. The Morgan fingerprint density at radius 2 is 1.91 bits per heavy atom. The van der Waals surface area contributed by atoms with E-state index in [0.717, 1.165) is 42.1 Å². The Morgan fingerprint density at radius 1 is 1.27 bits per heavy atom. The van der Waals surface area contributed by atoms with Gasteiger partial charge in [0.1, 0.15) is 11.9 Å². The van der Waals surface area contributed by atoms with Crippen LogP contribution in [0.2, 0.25) is 10.0 Å². The molecule has 0 aliphatic carbocycles. The summed E-state index contributed by atoms with van der Waals surface area (Å²) in [6.07, 6.45) is 4.15. The Hall–Kier alpha value is -1.79. The van der Waals surface area contributed by atoms with Gasteiger partial charge in [0.15, 0.2) is 5.66 Å². The highest BCUT2D eigenvalue weighted by Gasteiger charge is 2.56. The summed E-state index contributed by atoms with van der Waals surface area (Å²) < 4.78 is 41.0. The first kappa shape index (κ1) is 24.3. The van der Waals surface area contributed by atoms with E-state index in [1.54, 1.807) is 18.3 Å². The highest BCUT2D eigenvalue weighted by Crippen LogP contribution is 2.37. The molecule has 0 spiro atoms. The van der Waals surface area contributed by atoms with Crippen LogP contribution in [0.15, 0.2) is 34.4 Å². The van der Waals surface area contributed by atoms with Gasteiger partial charge in [-0.25, -0.2) is 12.8 Å². The van der Waals surface area contributed by atoms with Crippen LogP contribution in [0, 0.1) is 5.82 Å². The second kappa shape index (κ2) is 9.10. The molecule has 2 fully saturated rings. The lowest BCUT2D eigenvalue weighted by Crippen LogP contribution is -2.57. The maximum Gasteiger partial charge on any atom is 0.262 e. The third kappa shape index (κ3) is 4.74. The molecule has 1 aromatic rings. The molecule has 3 aliphatic rings. The number of hydrogen-bond acceptors (Lipinski definition) is 7. The zero-order valence-corrected chi connectivity index (χ0v) is 21.0. The maximum atomic E-state index is 13.4. The van der Waals surface area contributed by atoms with Crippen LogP contribution in [0.25, 0.3) is 6.08 Å². The molecule has 3 aliphatic heterocycles. The van der Waals surface area contributed by atoms with Gasteiger partial charge in [-0.15, -0.1) is 0 Å². The van der Waals surface area contributed by atoms with E-state index in [0.29, 0.717) is 0 Å². The topological polar surface area (TPSA) is 85.3 Å². The van der Waals surface area contributed by atoms with Crippen LogP contribution in [0.5, 0.6) is 0 Å². The number of nitrogens with one attached hydrogen (secondary N) is 1. The number of sulfonamides is 1. The fourth-order valence-electron chi connectivity index (χ4n) is 4.12. The van der Waals surface area contributed by atoms with Gasteiger partial charge in [0, 0.05) is 37.2 Å². The van der Waals surface area contributed by atoms with Gasteiger partial charge in [0.25, 0.3) is 15.9 Å². The monoisotopic (exact) mass is 533 g/mol. The Bertz CT molecular complexity index is 1150. The van der Waals surface area contributed by atoms with Crippen molar-refractivity contribution in [2.24, 2.45) is 4.99 Å². The predicted octanol–water partition coefficient (Wildman–Crippen LogP) is 2.77. The van der Waals surface area contributed by atoms with E-state index in [1.165, 1.54) is 17.3 Å². The Kier molecular flexibility index (Phi) is 6.71. The number of hydrazine groups is 1. The van der Waals surface area contributed by atoms with Gasteiger partial charge in [0.05, 0.1) is 33.6 Å². The maximum absolute atomic E-state index is 13.4. The van der Waals surface area contributed by atoms with Crippen molar-refractivity contribution in [1.82, 2.24) is 19.6 Å². The number of aliphatic imine (C=N–C) groups is 1. The Labute approximate surface area is 206 Å². The van der Waals surface area contributed by atoms with E-state index < -0.39 is 27.5 Å². The van der Waals surface area contributed by atoms with Gasteiger partial charge in [-0.05, 0) is 25.1 Å². The molecule has 2 atom stereocenters. The molecule has 33 heavy (non-hydrogen) atoms. The number of hydrogen-bond donors (Lipinski definition) is 1. The number of carbonyl (C=O) groups is 1. The predicted molar refractivity (Wildman–Crippen MR) is 130 cm³/mol. The van der Waals surface area contributed by atoms with Crippen molar-refractivity contribution in [2.45, 2.75) is 18.6 Å². The smallest absolute Gasteiger partial charge is 0.262 e. The summed E-state index contributed by atoms with van der Waals surface area (Å²) in [4.78, 5) is 19.8. The molecule has 0 saturated carbocycles. The Morgan fingerprint density at radius 3 is 2.55 bits per heavy atom. The first-order valence-corrected chi connectivity index (χ1v) is 13.5. The van der Waals surface area contributed by atoms with Crippen LogP contribution in [0.3, 0.4) is 0 Å². The summed E-state index contributed by atoms with van der Waals surface area (Å²) in [6.45, 7) is 3.43. The molecule has 2 saturated heterocycles. The largest absolute Gasteiger partial charge is 0.287 e. The van der Waals surface area contributed by atoms with Crippen LogP contribution in [0.4, 0.5) is 4.39 Å². The fraction of sp³-hybridized carbons (Fsp3) is 0.400. The molecule has 0 bridgehead atoms. The summed E-state index contributed by atoms with van der Waals surface area (Å²) in [7, 11) is -2.34. The van der Waals surface area contributed by atoms with Crippen molar-refractivity contribution in [3.05, 3.63) is 50.9 Å². The molecule has 0 radical (unpaired) electrons. The van der Waals surface area contributed by atoms with Crippen LogP contribution in [-0.2, 0) is 14.8 Å². The normalized spacial score (nSPS) is 26.2. The van der Waals surface area contributed by atoms with Crippen molar-refractivity contribution < 1.29 is 17.6 Å². The molecule has 2 unspecified atom stereocenters. The van der Waals surface area contributed by atoms with Crippen molar-refractivity contribution in [3.8, 4) is 0 Å². The molecule has 8 nitrogen and oxygen atoms in total. The lowest BCUT2D eigenvalue weighted by atomic mass is 10.0. The van der Waals surface area contributed by atoms with E-state index >= 15 is 0 Å². The first-order chi connectivity index (χ1) is 15.5. The lowest BCUT2D eigenvalue weighted by molar-refractivity contribution is -0.136. The van der Waals surface area contributed by atoms with Gasteiger partial charge >= 0.3 is 0 Å². The van der Waals surface area contributed by atoms with Gasteiger partial charge in [0.2, 0.25) is 0 Å². The van der Waals surface area contributed by atoms with Gasteiger partial charge in [-0.3, -0.25) is 29.4 Å². The number of rotatable bonds is 5. The quantitative estimate of drug-likeness (QED) is 0.626. The number of nitrogens with zero attached hydrogens (tertiary/aromatic N) is 4. The molecular formula is C20H22Cl2FN5O3S2. The number of amides is 1. The molecule has 1 aromatic carbocycles. The van der Waals surface area contributed by atoms with Crippen molar-refractivity contribution in [2.75, 3.05) is 31.6 Å². The number of carbonyl (C=O) groups excluding carboxylic acids is 1. The minimum absolute atomic E-state index is 0.0139. The van der Waals surface area contributed by atoms with E-state index in [-0.39, 0.29) is 27.2 Å². The Balaban J connectivity index is 1.54. The van der Waals surface area contributed by atoms with Crippen LogP contribution >= 0.6 is 35.0 Å². The highest BCUT2D eigenvalue weighted by molar-refractivity contribution is 7.99. The number of benzene rings is 1. The lowest BCUT2D eigenvalue weighted by Gasteiger charge is -2.41. The molecule has 1 N–H and O–H groups in total. The van der Waals surface area contributed by atoms with Crippen LogP contribution in [0.1, 0.15) is 12.5 Å². The summed E-state index contributed by atoms with van der Waals surface area (Å²) in [6, 6.07) is 1.63. The number of allylic oxidation sites excluding steroid dienone is 1. The van der Waals surface area contributed by atoms with Gasteiger partial charge in [-0.2, -0.15) is 11.8 Å². The second-order valence-corrected chi connectivity index (χ2v) is 11.5. The number of halogens is 3. The van der Waals surface area contributed by atoms with E-state index in [4.69, 9.17) is 23.2 Å². The number of likely N-dealkylation sites (N-methyl/N-ethyl adjacent to an activating group) is 1. The van der Waals surface area contributed by atoms with E-state index in [2.05, 4.69) is 14.6 Å². The number of thioether (sulfide) groups is 1. The molecule has 178 valence electrons. The zero-order chi connectivity index (χ0) is 24.0. The molecule has 13 heteroatoms. The standard InChI is InChI=1S/C20H22Cl2FN5O3S2/c1-20-18(27-4-6-32-7-5-27)19(29)26(2)28(20)12-14(11-24-20)25-33(30,31)8-3-15-16(21)9-13(23)10-17(15)22/h3,8-12,18,25H,4-7H2,1-2H3. The summed E-state index contributed by atoms with van der Waals surface area (Å²) in [5, 5.41) is 3.97. The summed E-state index contributed by atoms with van der Waals surface area (Å²) >= 11 is 13.8. The van der Waals surface area contributed by atoms with Gasteiger partial charge in [-0.1, -0.05) is 23.2 Å². The average Bonchev–Trinajstić information content (AvgIpc) is 2.93. The number of fused-ring (bicyclic) bond motifs is 1. The first-order valence-electron chi connectivity index (χ1n) is 10.0. The third-order valence-electron chi connectivity index (χ3n) is 5.71. The fourth-order valence-corrected chi connectivity index (χ4v) is 6.45. The minimum Gasteiger partial charge on any atom is -0.287 e. The molecule has 3 heterocycles. The second-order valence-electron chi connectivity index (χ2n) is 7.93. The third-order valence-corrected chi connectivity index (χ3v) is 8.30. The van der Waals surface area contributed by atoms with Crippen LogP contribution < -0.4 is 4.72 Å².